The van der Waals surface area contributed by atoms with Gasteiger partial charge in [-0.1, -0.05) is 96.0 Å². The van der Waals surface area contributed by atoms with Crippen LogP contribution in [0.5, 0.6) is 0 Å². The van der Waals surface area contributed by atoms with Gasteiger partial charge in [-0.3, -0.25) is 0 Å². The van der Waals surface area contributed by atoms with Crippen LogP contribution in [0.15, 0.2) is 108 Å². The molecule has 0 saturated carbocycles. The number of sulfonamides is 1. The summed E-state index contributed by atoms with van der Waals surface area (Å²) in [6.07, 6.45) is 0. The molecular formula is C26H22ClNO2S. The average molecular weight is 448 g/mol. The van der Waals surface area contributed by atoms with E-state index in [0.29, 0.717) is 5.02 Å². The number of rotatable bonds is 6. The lowest BCUT2D eigenvalue weighted by Crippen LogP contribution is -2.29. The minimum Gasteiger partial charge on any atom is -0.207 e. The summed E-state index contributed by atoms with van der Waals surface area (Å²) in [4.78, 5) is 0.234. The van der Waals surface area contributed by atoms with Crippen molar-refractivity contribution in [2.45, 2.75) is 17.9 Å². The summed E-state index contributed by atoms with van der Waals surface area (Å²) in [5, 5.41) is 0.600. The zero-order valence-corrected chi connectivity index (χ0v) is 18.6. The lowest BCUT2D eigenvalue weighted by molar-refractivity contribution is 0.572. The van der Waals surface area contributed by atoms with E-state index >= 15 is 0 Å². The molecule has 31 heavy (non-hydrogen) atoms. The van der Waals surface area contributed by atoms with E-state index in [1.165, 1.54) is 0 Å². The van der Waals surface area contributed by atoms with Gasteiger partial charge in [0.05, 0.1) is 10.9 Å². The molecule has 0 amide bonds. The summed E-state index contributed by atoms with van der Waals surface area (Å²) in [6, 6.07) is 31.5. The van der Waals surface area contributed by atoms with Gasteiger partial charge in [-0.2, -0.15) is 4.72 Å². The Kier molecular flexibility index (Phi) is 6.23. The third kappa shape index (κ3) is 5.05. The molecule has 4 aromatic carbocycles. The van der Waals surface area contributed by atoms with Crippen molar-refractivity contribution in [3.8, 4) is 11.1 Å². The smallest absolute Gasteiger partial charge is 0.207 e. The van der Waals surface area contributed by atoms with Crippen molar-refractivity contribution in [2.75, 3.05) is 0 Å². The van der Waals surface area contributed by atoms with Crippen molar-refractivity contribution < 1.29 is 8.42 Å². The van der Waals surface area contributed by atoms with Crippen molar-refractivity contribution >= 4 is 21.6 Å². The van der Waals surface area contributed by atoms with E-state index in [9.17, 15) is 8.42 Å². The number of halogens is 1. The van der Waals surface area contributed by atoms with E-state index in [1.807, 2.05) is 73.7 Å². The van der Waals surface area contributed by atoms with Gasteiger partial charge in [0.25, 0.3) is 0 Å². The monoisotopic (exact) mass is 447 g/mol. The molecule has 0 heterocycles. The van der Waals surface area contributed by atoms with Crippen LogP contribution in [-0.2, 0) is 10.0 Å². The molecule has 0 aliphatic rings. The molecule has 5 heteroatoms. The van der Waals surface area contributed by atoms with Crippen LogP contribution in [0.2, 0.25) is 5.02 Å². The van der Waals surface area contributed by atoms with Crippen molar-refractivity contribution in [3.63, 3.8) is 0 Å². The molecule has 0 saturated heterocycles. The van der Waals surface area contributed by atoms with Crippen LogP contribution in [-0.4, -0.2) is 8.42 Å². The van der Waals surface area contributed by atoms with Gasteiger partial charge < -0.3 is 0 Å². The molecule has 0 aliphatic carbocycles. The van der Waals surface area contributed by atoms with Gasteiger partial charge in [0.1, 0.15) is 0 Å². The largest absolute Gasteiger partial charge is 0.241 e. The van der Waals surface area contributed by atoms with Crippen LogP contribution in [0.3, 0.4) is 0 Å². The maximum absolute atomic E-state index is 13.1. The van der Waals surface area contributed by atoms with E-state index in [2.05, 4.69) is 4.72 Å². The predicted molar refractivity (Wildman–Crippen MR) is 127 cm³/mol. The third-order valence-corrected chi connectivity index (χ3v) is 6.85. The Morgan fingerprint density at radius 3 is 1.77 bits per heavy atom. The Morgan fingerprint density at radius 1 is 0.677 bits per heavy atom. The van der Waals surface area contributed by atoms with Crippen LogP contribution in [0.25, 0.3) is 11.1 Å². The molecule has 156 valence electrons. The number of benzene rings is 4. The molecule has 1 N–H and O–H groups in total. The minimum absolute atomic E-state index is 0.234. The molecule has 0 bridgehead atoms. The Hall–Kier alpha value is -2.92. The van der Waals surface area contributed by atoms with Crippen molar-refractivity contribution in [1.82, 2.24) is 4.72 Å². The molecule has 3 nitrogen and oxygen atoms in total. The highest BCUT2D eigenvalue weighted by Gasteiger charge is 2.23. The van der Waals surface area contributed by atoms with Gasteiger partial charge in [-0.15, -0.1) is 0 Å². The number of aryl methyl sites for hydroxylation is 1. The first-order valence-corrected chi connectivity index (χ1v) is 11.8. The molecule has 0 aliphatic heterocycles. The summed E-state index contributed by atoms with van der Waals surface area (Å²) in [5.41, 5.74) is 4.84. The molecule has 0 unspecified atom stereocenters. The topological polar surface area (TPSA) is 46.2 Å². The summed E-state index contributed by atoms with van der Waals surface area (Å²) >= 11 is 6.06. The molecule has 0 aromatic heterocycles. The normalized spacial score (nSPS) is 12.5. The van der Waals surface area contributed by atoms with Gasteiger partial charge in [-0.25, -0.2) is 8.42 Å². The molecule has 0 spiro atoms. The van der Waals surface area contributed by atoms with Crippen molar-refractivity contribution in [3.05, 3.63) is 125 Å². The summed E-state index contributed by atoms with van der Waals surface area (Å²) in [6.45, 7) is 1.93. The summed E-state index contributed by atoms with van der Waals surface area (Å²) in [5.74, 6) is 0. The Morgan fingerprint density at radius 2 is 1.19 bits per heavy atom. The van der Waals surface area contributed by atoms with Crippen LogP contribution in [0.1, 0.15) is 22.7 Å². The molecular weight excluding hydrogens is 426 g/mol. The fourth-order valence-corrected chi connectivity index (χ4v) is 4.76. The number of nitrogens with one attached hydrogen (secondary N) is 1. The molecule has 0 fully saturated rings. The average Bonchev–Trinajstić information content (AvgIpc) is 2.79. The molecule has 1 atom stereocenters. The number of hydrogen-bond donors (Lipinski definition) is 1. The quantitative estimate of drug-likeness (QED) is 0.372. The lowest BCUT2D eigenvalue weighted by atomic mass is 9.97. The van der Waals surface area contributed by atoms with Crippen LogP contribution < -0.4 is 4.72 Å². The predicted octanol–water partition coefficient (Wildman–Crippen LogP) is 6.38. The van der Waals surface area contributed by atoms with Gasteiger partial charge >= 0.3 is 0 Å². The highest BCUT2D eigenvalue weighted by Crippen LogP contribution is 2.28. The fourth-order valence-electron chi connectivity index (χ4n) is 3.42. The molecule has 4 rings (SSSR count). The third-order valence-electron chi connectivity index (χ3n) is 5.16. The first-order chi connectivity index (χ1) is 14.9. The van der Waals surface area contributed by atoms with Crippen LogP contribution in [0.4, 0.5) is 0 Å². The van der Waals surface area contributed by atoms with Crippen molar-refractivity contribution in [2.24, 2.45) is 0 Å². The Bertz CT molecular complexity index is 1250. The van der Waals surface area contributed by atoms with E-state index < -0.39 is 16.1 Å². The Labute approximate surface area is 188 Å². The maximum Gasteiger partial charge on any atom is 0.241 e. The minimum atomic E-state index is -3.73. The lowest BCUT2D eigenvalue weighted by Gasteiger charge is -2.20. The first-order valence-electron chi connectivity index (χ1n) is 9.92. The van der Waals surface area contributed by atoms with Crippen LogP contribution in [0, 0.1) is 6.92 Å². The highest BCUT2D eigenvalue weighted by atomic mass is 35.5. The maximum atomic E-state index is 13.1. The van der Waals surface area contributed by atoms with Gasteiger partial charge in [0.2, 0.25) is 10.0 Å². The summed E-state index contributed by atoms with van der Waals surface area (Å²) in [7, 11) is -3.73. The van der Waals surface area contributed by atoms with E-state index in [-0.39, 0.29) is 4.90 Å². The van der Waals surface area contributed by atoms with Gasteiger partial charge in [0, 0.05) is 5.02 Å². The zero-order valence-electron chi connectivity index (χ0n) is 17.0. The second kappa shape index (κ2) is 9.06. The second-order valence-electron chi connectivity index (χ2n) is 7.41. The zero-order chi connectivity index (χ0) is 21.8. The second-order valence-corrected chi connectivity index (χ2v) is 9.56. The van der Waals surface area contributed by atoms with Gasteiger partial charge in [0.15, 0.2) is 0 Å². The standard InChI is InChI=1S/C26H22ClNO2S/c1-19-7-17-25(18-8-19)31(29,30)28-26(23-13-15-24(27)16-14-23)22-11-9-21(10-12-22)20-5-3-2-4-6-20/h2-18,26,28H,1H3/t26-/m1/s1. The summed E-state index contributed by atoms with van der Waals surface area (Å²) < 4.78 is 29.1. The fraction of sp³-hybridized carbons (Fsp3) is 0.0769. The molecule has 0 radical (unpaired) electrons. The number of hydrogen-bond acceptors (Lipinski definition) is 2. The van der Waals surface area contributed by atoms with E-state index in [0.717, 1.165) is 27.8 Å². The highest BCUT2D eigenvalue weighted by molar-refractivity contribution is 7.89. The SMILES string of the molecule is Cc1ccc(S(=O)(=O)N[C@@H](c2ccc(Cl)cc2)c2ccc(-c3ccccc3)cc2)cc1. The van der Waals surface area contributed by atoms with E-state index in [4.69, 9.17) is 11.6 Å². The van der Waals surface area contributed by atoms with Gasteiger partial charge in [-0.05, 0) is 53.4 Å². The van der Waals surface area contributed by atoms with E-state index in [1.54, 1.807) is 36.4 Å². The molecule has 4 aromatic rings. The Balaban J connectivity index is 1.71. The van der Waals surface area contributed by atoms with Crippen LogP contribution >= 0.6 is 11.6 Å². The first kappa shape index (κ1) is 21.3. The van der Waals surface area contributed by atoms with Crippen molar-refractivity contribution in [1.29, 1.82) is 0 Å².